The number of hydrogen-bond donors (Lipinski definition) is 2. The highest BCUT2D eigenvalue weighted by Crippen LogP contribution is 2.33. The van der Waals surface area contributed by atoms with Crippen molar-refractivity contribution >= 4 is 49.8 Å². The van der Waals surface area contributed by atoms with Crippen LogP contribution in [0, 0.1) is 0 Å². The summed E-state index contributed by atoms with van der Waals surface area (Å²) in [5.74, 6) is 0.445. The third kappa shape index (κ3) is 4.20. The summed E-state index contributed by atoms with van der Waals surface area (Å²) in [5.41, 5.74) is 3.66. The fourth-order valence-electron chi connectivity index (χ4n) is 3.47. The number of halogens is 1. The second kappa shape index (κ2) is 8.89. The van der Waals surface area contributed by atoms with Gasteiger partial charge in [-0.3, -0.25) is 4.79 Å². The molecule has 0 spiro atoms. The van der Waals surface area contributed by atoms with Crippen LogP contribution in [0.2, 0.25) is 0 Å². The summed E-state index contributed by atoms with van der Waals surface area (Å²) in [6.07, 6.45) is 0. The summed E-state index contributed by atoms with van der Waals surface area (Å²) in [7, 11) is 3.43. The quantitative estimate of drug-likeness (QED) is 0.583. The van der Waals surface area contributed by atoms with Gasteiger partial charge in [-0.05, 0) is 58.4 Å². The molecular formula is C22H23BrN4O3. The van der Waals surface area contributed by atoms with E-state index in [0.717, 1.165) is 53.2 Å². The average Bonchev–Trinajstić information content (AvgIpc) is 2.79. The lowest BCUT2D eigenvalue weighted by atomic mass is 10.1. The molecule has 1 amide bonds. The molecule has 0 radical (unpaired) electrons. The summed E-state index contributed by atoms with van der Waals surface area (Å²) in [6.45, 7) is 3.22. The Morgan fingerprint density at radius 2 is 1.90 bits per heavy atom. The number of carbonyl (C=O) groups is 1. The van der Waals surface area contributed by atoms with E-state index in [2.05, 4.69) is 36.4 Å². The fraction of sp³-hybridized carbons (Fsp3) is 0.273. The Kier molecular flexibility index (Phi) is 6.06. The van der Waals surface area contributed by atoms with Gasteiger partial charge < -0.3 is 25.0 Å². The number of rotatable bonds is 5. The van der Waals surface area contributed by atoms with E-state index in [-0.39, 0.29) is 5.91 Å². The summed E-state index contributed by atoms with van der Waals surface area (Å²) in [6, 6.07) is 13.3. The number of methoxy groups -OCH3 is 1. The van der Waals surface area contributed by atoms with E-state index in [1.165, 1.54) is 0 Å². The molecule has 0 atom stereocenters. The molecule has 30 heavy (non-hydrogen) atoms. The number of benzene rings is 2. The largest absolute Gasteiger partial charge is 0.497 e. The normalized spacial score (nSPS) is 13.9. The van der Waals surface area contributed by atoms with Gasteiger partial charge in [-0.25, -0.2) is 4.98 Å². The maximum absolute atomic E-state index is 12.9. The van der Waals surface area contributed by atoms with Gasteiger partial charge in [-0.2, -0.15) is 0 Å². The van der Waals surface area contributed by atoms with Crippen LogP contribution in [-0.4, -0.2) is 51.4 Å². The SMILES string of the molecule is CNc1cc(C(=O)Nc2ccc(N3CCOCC3)cc2)nc2c(Br)cc(OC)cc12. The Bertz CT molecular complexity index is 1070. The third-order valence-corrected chi connectivity index (χ3v) is 5.68. The maximum atomic E-state index is 12.9. The van der Waals surface area contributed by atoms with E-state index < -0.39 is 0 Å². The van der Waals surface area contributed by atoms with Crippen LogP contribution >= 0.6 is 15.9 Å². The molecule has 1 saturated heterocycles. The molecule has 1 aromatic heterocycles. The van der Waals surface area contributed by atoms with Crippen LogP contribution in [0.3, 0.4) is 0 Å². The van der Waals surface area contributed by atoms with Gasteiger partial charge in [0.25, 0.3) is 5.91 Å². The van der Waals surface area contributed by atoms with Crippen LogP contribution in [0.5, 0.6) is 5.75 Å². The van der Waals surface area contributed by atoms with Gasteiger partial charge >= 0.3 is 0 Å². The van der Waals surface area contributed by atoms with Gasteiger partial charge in [0.15, 0.2) is 0 Å². The molecule has 0 aliphatic carbocycles. The number of nitrogens with zero attached hydrogens (tertiary/aromatic N) is 2. The van der Waals surface area contributed by atoms with Crippen molar-refractivity contribution in [3.8, 4) is 5.75 Å². The number of pyridine rings is 1. The number of nitrogens with one attached hydrogen (secondary N) is 2. The zero-order valence-electron chi connectivity index (χ0n) is 16.9. The van der Waals surface area contributed by atoms with Crippen molar-refractivity contribution in [1.82, 2.24) is 4.98 Å². The standard InChI is InChI=1S/C22H23BrN4O3/c1-24-19-13-20(26-21-17(19)11-16(29-2)12-18(21)23)22(28)25-14-3-5-15(6-4-14)27-7-9-30-10-8-27/h3-6,11-13H,7-10H2,1-2H3,(H,24,26)(H,25,28). The number of anilines is 3. The summed E-state index contributed by atoms with van der Waals surface area (Å²) >= 11 is 3.53. The van der Waals surface area contributed by atoms with Crippen molar-refractivity contribution in [2.24, 2.45) is 0 Å². The summed E-state index contributed by atoms with van der Waals surface area (Å²) < 4.78 is 11.5. The number of amides is 1. The van der Waals surface area contributed by atoms with Gasteiger partial charge in [0.2, 0.25) is 0 Å². The first-order valence-electron chi connectivity index (χ1n) is 9.69. The molecule has 2 aromatic carbocycles. The summed E-state index contributed by atoms with van der Waals surface area (Å²) in [4.78, 5) is 19.7. The average molecular weight is 471 g/mol. The monoisotopic (exact) mass is 470 g/mol. The van der Waals surface area contributed by atoms with Crippen molar-refractivity contribution in [2.75, 3.05) is 56.0 Å². The van der Waals surface area contributed by atoms with Crippen LogP contribution in [-0.2, 0) is 4.74 Å². The Morgan fingerprint density at radius 3 is 2.57 bits per heavy atom. The minimum atomic E-state index is -0.268. The lowest BCUT2D eigenvalue weighted by Gasteiger charge is -2.28. The first-order valence-corrected chi connectivity index (χ1v) is 10.5. The van der Waals surface area contributed by atoms with Crippen LogP contribution in [0.4, 0.5) is 17.1 Å². The molecule has 4 rings (SSSR count). The van der Waals surface area contributed by atoms with Gasteiger partial charge in [0, 0.05) is 47.1 Å². The highest BCUT2D eigenvalue weighted by molar-refractivity contribution is 9.10. The zero-order chi connectivity index (χ0) is 21.1. The Hall–Kier alpha value is -2.84. The molecule has 0 saturated carbocycles. The van der Waals surface area contributed by atoms with Crippen molar-refractivity contribution in [2.45, 2.75) is 0 Å². The van der Waals surface area contributed by atoms with E-state index >= 15 is 0 Å². The van der Waals surface area contributed by atoms with Crippen molar-refractivity contribution in [3.05, 3.63) is 52.6 Å². The van der Waals surface area contributed by atoms with E-state index in [9.17, 15) is 4.79 Å². The minimum Gasteiger partial charge on any atom is -0.497 e. The topological polar surface area (TPSA) is 75.7 Å². The van der Waals surface area contributed by atoms with E-state index in [4.69, 9.17) is 9.47 Å². The molecule has 0 bridgehead atoms. The molecule has 156 valence electrons. The van der Waals surface area contributed by atoms with Crippen LogP contribution in [0.15, 0.2) is 46.9 Å². The minimum absolute atomic E-state index is 0.268. The molecule has 7 nitrogen and oxygen atoms in total. The first-order chi connectivity index (χ1) is 14.6. The van der Waals surface area contributed by atoms with Crippen LogP contribution < -0.4 is 20.3 Å². The van der Waals surface area contributed by atoms with E-state index in [0.29, 0.717) is 17.0 Å². The molecule has 3 aromatic rings. The number of aromatic nitrogens is 1. The Morgan fingerprint density at radius 1 is 1.17 bits per heavy atom. The zero-order valence-corrected chi connectivity index (χ0v) is 18.5. The first kappa shape index (κ1) is 20.4. The van der Waals surface area contributed by atoms with E-state index in [1.807, 2.05) is 43.4 Å². The Labute approximate surface area is 183 Å². The van der Waals surface area contributed by atoms with Gasteiger partial charge in [-0.1, -0.05) is 0 Å². The third-order valence-electron chi connectivity index (χ3n) is 5.08. The van der Waals surface area contributed by atoms with Gasteiger partial charge in [0.05, 0.1) is 25.8 Å². The maximum Gasteiger partial charge on any atom is 0.274 e. The highest BCUT2D eigenvalue weighted by Gasteiger charge is 2.16. The molecule has 8 heteroatoms. The molecule has 1 fully saturated rings. The smallest absolute Gasteiger partial charge is 0.274 e. The number of carbonyl (C=O) groups excluding carboxylic acids is 1. The molecule has 2 N–H and O–H groups in total. The van der Waals surface area contributed by atoms with Gasteiger partial charge in [-0.15, -0.1) is 0 Å². The Balaban J connectivity index is 1.57. The van der Waals surface area contributed by atoms with Crippen molar-refractivity contribution < 1.29 is 14.3 Å². The molecular weight excluding hydrogens is 448 g/mol. The lowest BCUT2D eigenvalue weighted by molar-refractivity contribution is 0.102. The van der Waals surface area contributed by atoms with Crippen LogP contribution in [0.25, 0.3) is 10.9 Å². The number of ether oxygens (including phenoxy) is 2. The number of fused-ring (bicyclic) bond motifs is 1. The predicted molar refractivity (Wildman–Crippen MR) is 123 cm³/mol. The van der Waals surface area contributed by atoms with E-state index in [1.54, 1.807) is 13.2 Å². The van der Waals surface area contributed by atoms with Crippen molar-refractivity contribution in [1.29, 1.82) is 0 Å². The fourth-order valence-corrected chi connectivity index (χ4v) is 4.00. The van der Waals surface area contributed by atoms with Crippen LogP contribution in [0.1, 0.15) is 10.5 Å². The number of morpholine rings is 1. The lowest BCUT2D eigenvalue weighted by Crippen LogP contribution is -2.36. The number of hydrogen-bond acceptors (Lipinski definition) is 6. The molecule has 2 heterocycles. The predicted octanol–water partition coefficient (Wildman–Crippen LogP) is 4.14. The molecule has 1 aliphatic heterocycles. The van der Waals surface area contributed by atoms with Crippen molar-refractivity contribution in [3.63, 3.8) is 0 Å². The highest BCUT2D eigenvalue weighted by atomic mass is 79.9. The summed E-state index contributed by atoms with van der Waals surface area (Å²) in [5, 5.41) is 6.94. The second-order valence-electron chi connectivity index (χ2n) is 6.91. The molecule has 1 aliphatic rings. The second-order valence-corrected chi connectivity index (χ2v) is 7.77. The molecule has 0 unspecified atom stereocenters. The van der Waals surface area contributed by atoms with Gasteiger partial charge in [0.1, 0.15) is 11.4 Å².